The maximum atomic E-state index is 5.74. The number of hydrogen-bond acceptors (Lipinski definition) is 2. The van der Waals surface area contributed by atoms with Gasteiger partial charge in [-0.05, 0) is 13.3 Å². The minimum Gasteiger partial charge on any atom is -0.385 e. The first kappa shape index (κ1) is 12.7. The Kier molecular flexibility index (Phi) is 7.54. The van der Waals surface area contributed by atoms with Crippen molar-refractivity contribution >= 4 is 27.5 Å². The van der Waals surface area contributed by atoms with E-state index in [-0.39, 0.29) is 5.60 Å². The van der Waals surface area contributed by atoms with Crippen molar-refractivity contribution < 1.29 is 9.47 Å². The van der Waals surface area contributed by atoms with Gasteiger partial charge in [-0.15, -0.1) is 11.6 Å². The third-order valence-electron chi connectivity index (χ3n) is 1.51. The van der Waals surface area contributed by atoms with Crippen molar-refractivity contribution in [2.75, 3.05) is 31.5 Å². The van der Waals surface area contributed by atoms with Gasteiger partial charge < -0.3 is 9.47 Å². The van der Waals surface area contributed by atoms with Crippen molar-refractivity contribution in [1.29, 1.82) is 0 Å². The molecule has 1 unspecified atom stereocenters. The zero-order chi connectivity index (χ0) is 9.45. The quantitative estimate of drug-likeness (QED) is 0.516. The molecule has 0 rings (SSSR count). The van der Waals surface area contributed by atoms with Crippen LogP contribution in [0.15, 0.2) is 0 Å². The minimum atomic E-state index is -0.241. The van der Waals surface area contributed by atoms with Crippen LogP contribution in [-0.2, 0) is 9.47 Å². The highest BCUT2D eigenvalue weighted by atomic mass is 79.9. The fourth-order valence-electron chi connectivity index (χ4n) is 0.635. The number of hydrogen-bond donors (Lipinski definition) is 0. The van der Waals surface area contributed by atoms with Gasteiger partial charge in [-0.1, -0.05) is 15.9 Å². The van der Waals surface area contributed by atoms with Gasteiger partial charge in [0.2, 0.25) is 0 Å². The molecule has 0 aromatic heterocycles. The molecule has 0 saturated carbocycles. The summed E-state index contributed by atoms with van der Waals surface area (Å²) in [6.07, 6.45) is 0.913. The van der Waals surface area contributed by atoms with Crippen molar-refractivity contribution in [3.05, 3.63) is 0 Å². The molecule has 2 nitrogen and oxygen atoms in total. The Morgan fingerprint density at radius 1 is 1.42 bits per heavy atom. The van der Waals surface area contributed by atoms with Gasteiger partial charge in [0.25, 0.3) is 0 Å². The molecule has 0 aliphatic carbocycles. The second-order valence-electron chi connectivity index (χ2n) is 2.91. The Bertz CT molecular complexity index is 107. The zero-order valence-electron chi connectivity index (χ0n) is 7.61. The Hall–Kier alpha value is 0.690. The largest absolute Gasteiger partial charge is 0.385 e. The second kappa shape index (κ2) is 7.13. The molecule has 0 spiro atoms. The zero-order valence-corrected chi connectivity index (χ0v) is 9.95. The molecule has 0 aromatic carbocycles. The normalized spacial score (nSPS) is 16.0. The summed E-state index contributed by atoms with van der Waals surface area (Å²) in [5, 5.41) is 0.760. The predicted molar refractivity (Wildman–Crippen MR) is 55.4 cm³/mol. The summed E-state index contributed by atoms with van der Waals surface area (Å²) >= 11 is 9.10. The van der Waals surface area contributed by atoms with E-state index in [1.54, 1.807) is 7.11 Å². The number of halogens is 2. The first-order valence-corrected chi connectivity index (χ1v) is 5.59. The van der Waals surface area contributed by atoms with Crippen LogP contribution in [0.5, 0.6) is 0 Å². The molecule has 0 bridgehead atoms. The third-order valence-corrected chi connectivity index (χ3v) is 3.26. The summed E-state index contributed by atoms with van der Waals surface area (Å²) in [5.74, 6) is 0.505. The van der Waals surface area contributed by atoms with E-state index >= 15 is 0 Å². The molecule has 0 aliphatic rings. The smallest absolute Gasteiger partial charge is 0.0885 e. The van der Waals surface area contributed by atoms with Gasteiger partial charge in [-0.25, -0.2) is 0 Å². The lowest BCUT2D eigenvalue weighted by molar-refractivity contribution is -0.00423. The van der Waals surface area contributed by atoms with Crippen LogP contribution >= 0.6 is 27.5 Å². The highest BCUT2D eigenvalue weighted by Crippen LogP contribution is 2.15. The lowest BCUT2D eigenvalue weighted by Gasteiger charge is -2.24. The van der Waals surface area contributed by atoms with Crippen LogP contribution in [-0.4, -0.2) is 37.1 Å². The molecule has 0 aromatic rings. The first-order chi connectivity index (χ1) is 5.68. The summed E-state index contributed by atoms with van der Waals surface area (Å²) in [6.45, 7) is 3.42. The molecule has 0 N–H and O–H groups in total. The van der Waals surface area contributed by atoms with Gasteiger partial charge >= 0.3 is 0 Å². The lowest BCUT2D eigenvalue weighted by atomic mass is 10.2. The summed E-state index contributed by atoms with van der Waals surface area (Å²) < 4.78 is 10.5. The average molecular weight is 260 g/mol. The van der Waals surface area contributed by atoms with Crippen molar-refractivity contribution in [3.63, 3.8) is 0 Å². The number of methoxy groups -OCH3 is 1. The summed E-state index contributed by atoms with van der Waals surface area (Å²) in [7, 11) is 1.69. The van der Waals surface area contributed by atoms with Crippen LogP contribution < -0.4 is 0 Å². The van der Waals surface area contributed by atoms with Crippen LogP contribution in [0, 0.1) is 0 Å². The van der Waals surface area contributed by atoms with Gasteiger partial charge in [-0.2, -0.15) is 0 Å². The molecule has 1 atom stereocenters. The summed E-state index contributed by atoms with van der Waals surface area (Å²) in [6, 6.07) is 0. The van der Waals surface area contributed by atoms with E-state index in [9.17, 15) is 0 Å². The first-order valence-electron chi connectivity index (χ1n) is 3.93. The lowest BCUT2D eigenvalue weighted by Crippen LogP contribution is -2.33. The van der Waals surface area contributed by atoms with Gasteiger partial charge in [0.15, 0.2) is 0 Å². The van der Waals surface area contributed by atoms with Crippen LogP contribution in [0.2, 0.25) is 0 Å². The van der Waals surface area contributed by atoms with Crippen molar-refractivity contribution in [3.8, 4) is 0 Å². The third kappa shape index (κ3) is 5.36. The van der Waals surface area contributed by atoms with E-state index in [1.165, 1.54) is 0 Å². The molecular formula is C8H16BrClO2. The van der Waals surface area contributed by atoms with E-state index in [0.717, 1.165) is 18.4 Å². The SMILES string of the molecule is COCCCOC(C)(CCl)CBr. The van der Waals surface area contributed by atoms with Crippen LogP contribution in [0.3, 0.4) is 0 Å². The van der Waals surface area contributed by atoms with Crippen LogP contribution in [0.1, 0.15) is 13.3 Å². The average Bonchev–Trinajstić information content (AvgIpc) is 2.12. The molecule has 12 heavy (non-hydrogen) atoms. The number of ether oxygens (including phenoxy) is 2. The highest BCUT2D eigenvalue weighted by Gasteiger charge is 2.21. The monoisotopic (exact) mass is 258 g/mol. The molecule has 0 aliphatic heterocycles. The van der Waals surface area contributed by atoms with Crippen LogP contribution in [0.4, 0.5) is 0 Å². The van der Waals surface area contributed by atoms with Crippen molar-refractivity contribution in [2.24, 2.45) is 0 Å². The van der Waals surface area contributed by atoms with Gasteiger partial charge in [0, 0.05) is 25.7 Å². The van der Waals surface area contributed by atoms with Gasteiger partial charge in [-0.3, -0.25) is 0 Å². The maximum Gasteiger partial charge on any atom is 0.0885 e. The summed E-state index contributed by atoms with van der Waals surface area (Å²) in [5.41, 5.74) is -0.241. The van der Waals surface area contributed by atoms with Crippen LogP contribution in [0.25, 0.3) is 0 Å². The molecule has 0 fully saturated rings. The molecule has 0 amide bonds. The maximum absolute atomic E-state index is 5.74. The van der Waals surface area contributed by atoms with Crippen molar-refractivity contribution in [1.82, 2.24) is 0 Å². The molecule has 0 radical (unpaired) electrons. The minimum absolute atomic E-state index is 0.241. The topological polar surface area (TPSA) is 18.5 Å². The molecular weight excluding hydrogens is 243 g/mol. The van der Waals surface area contributed by atoms with E-state index in [2.05, 4.69) is 15.9 Å². The van der Waals surface area contributed by atoms with E-state index in [4.69, 9.17) is 21.1 Å². The fourth-order valence-corrected chi connectivity index (χ4v) is 1.39. The fraction of sp³-hybridized carbons (Fsp3) is 1.00. The second-order valence-corrected chi connectivity index (χ2v) is 3.74. The molecule has 0 heterocycles. The standard InChI is InChI=1S/C8H16BrClO2/c1-8(6-9,7-10)12-5-3-4-11-2/h3-7H2,1-2H3. The molecule has 0 saturated heterocycles. The Morgan fingerprint density at radius 3 is 2.50 bits per heavy atom. The number of alkyl halides is 2. The van der Waals surface area contributed by atoms with E-state index < -0.39 is 0 Å². The van der Waals surface area contributed by atoms with Gasteiger partial charge in [0.1, 0.15) is 0 Å². The predicted octanol–water partition coefficient (Wildman–Crippen LogP) is 2.43. The highest BCUT2D eigenvalue weighted by molar-refractivity contribution is 9.09. The van der Waals surface area contributed by atoms with Gasteiger partial charge in [0.05, 0.1) is 11.5 Å². The molecule has 74 valence electrons. The Morgan fingerprint density at radius 2 is 2.08 bits per heavy atom. The van der Waals surface area contributed by atoms with E-state index in [0.29, 0.717) is 12.5 Å². The van der Waals surface area contributed by atoms with Crippen molar-refractivity contribution in [2.45, 2.75) is 18.9 Å². The van der Waals surface area contributed by atoms with E-state index in [1.807, 2.05) is 6.92 Å². The summed E-state index contributed by atoms with van der Waals surface area (Å²) in [4.78, 5) is 0. The Labute approximate surface area is 87.7 Å². The Balaban J connectivity index is 3.45. The molecule has 4 heteroatoms. The number of rotatable bonds is 7.